The van der Waals surface area contributed by atoms with Gasteiger partial charge in [0.2, 0.25) is 5.91 Å². The molecule has 0 aromatic heterocycles. The minimum atomic E-state index is -1.41. The van der Waals surface area contributed by atoms with Crippen LogP contribution in [0.25, 0.3) is 11.1 Å². The molecular formula is C22H20N2O6. The third kappa shape index (κ3) is 4.25. The number of ether oxygens (including phenoxy) is 3. The molecule has 0 radical (unpaired) electrons. The number of methoxy groups -OCH3 is 1. The predicted molar refractivity (Wildman–Crippen MR) is 107 cm³/mol. The van der Waals surface area contributed by atoms with Gasteiger partial charge in [0, 0.05) is 12.1 Å². The first kappa shape index (κ1) is 20.9. The number of ketones is 1. The first-order valence-electron chi connectivity index (χ1n) is 9.34. The first-order valence-corrected chi connectivity index (χ1v) is 9.34. The van der Waals surface area contributed by atoms with E-state index < -0.39 is 23.6 Å². The van der Waals surface area contributed by atoms with Crippen LogP contribution >= 0.6 is 0 Å². The molecule has 3 rings (SSSR count). The molecule has 1 amide bonds. The van der Waals surface area contributed by atoms with E-state index in [1.807, 2.05) is 0 Å². The Morgan fingerprint density at radius 3 is 2.53 bits per heavy atom. The second-order valence-electron chi connectivity index (χ2n) is 6.48. The number of carbonyl (C=O) groups excluding carboxylic acids is 3. The van der Waals surface area contributed by atoms with Gasteiger partial charge in [0.15, 0.2) is 23.2 Å². The van der Waals surface area contributed by atoms with Crippen LogP contribution in [0.3, 0.4) is 0 Å². The van der Waals surface area contributed by atoms with E-state index in [1.54, 1.807) is 43.3 Å². The number of hydrogen-bond acceptors (Lipinski definition) is 7. The van der Waals surface area contributed by atoms with Crippen LogP contribution in [0.2, 0.25) is 0 Å². The molecule has 154 valence electrons. The van der Waals surface area contributed by atoms with Crippen LogP contribution in [-0.4, -0.2) is 38.0 Å². The fraction of sp³-hybridized carbons (Fsp3) is 0.273. The minimum absolute atomic E-state index is 0.0715. The van der Waals surface area contributed by atoms with Gasteiger partial charge in [0.25, 0.3) is 0 Å². The van der Waals surface area contributed by atoms with Crippen molar-refractivity contribution in [2.45, 2.75) is 13.3 Å². The molecule has 0 aliphatic carbocycles. The van der Waals surface area contributed by atoms with E-state index >= 15 is 0 Å². The van der Waals surface area contributed by atoms with Gasteiger partial charge >= 0.3 is 5.97 Å². The summed E-state index contributed by atoms with van der Waals surface area (Å²) >= 11 is 0. The number of benzene rings is 2. The van der Waals surface area contributed by atoms with Crippen LogP contribution in [-0.2, 0) is 14.3 Å². The molecule has 2 aromatic rings. The van der Waals surface area contributed by atoms with Crippen LogP contribution < -0.4 is 14.8 Å². The lowest BCUT2D eigenvalue weighted by atomic mass is 9.98. The average molecular weight is 408 g/mol. The highest BCUT2D eigenvalue weighted by molar-refractivity contribution is 6.10. The van der Waals surface area contributed by atoms with Crippen molar-refractivity contribution in [3.8, 4) is 28.7 Å². The Balaban J connectivity index is 1.95. The third-order valence-corrected chi connectivity index (χ3v) is 4.61. The first-order chi connectivity index (χ1) is 14.5. The van der Waals surface area contributed by atoms with E-state index in [1.165, 1.54) is 13.2 Å². The Morgan fingerprint density at radius 1 is 1.13 bits per heavy atom. The number of hydrogen-bond donors (Lipinski definition) is 1. The lowest BCUT2D eigenvalue weighted by Crippen LogP contribution is -2.28. The molecule has 0 spiro atoms. The van der Waals surface area contributed by atoms with Crippen molar-refractivity contribution in [2.24, 2.45) is 5.92 Å². The lowest BCUT2D eigenvalue weighted by Gasteiger charge is -2.19. The Bertz CT molecular complexity index is 1040. The monoisotopic (exact) mass is 408 g/mol. The van der Waals surface area contributed by atoms with Crippen molar-refractivity contribution >= 4 is 23.3 Å². The van der Waals surface area contributed by atoms with E-state index in [9.17, 15) is 14.4 Å². The summed E-state index contributed by atoms with van der Waals surface area (Å²) in [6.07, 6.45) is 0.0715. The van der Waals surface area contributed by atoms with Crippen molar-refractivity contribution in [3.05, 3.63) is 42.0 Å². The summed E-state index contributed by atoms with van der Waals surface area (Å²) in [7, 11) is 1.26. The summed E-state index contributed by atoms with van der Waals surface area (Å²) < 4.78 is 16.0. The Morgan fingerprint density at radius 2 is 1.87 bits per heavy atom. The molecule has 1 aliphatic rings. The summed E-state index contributed by atoms with van der Waals surface area (Å²) in [4.78, 5) is 36.5. The van der Waals surface area contributed by atoms with Gasteiger partial charge in [-0.3, -0.25) is 9.59 Å². The van der Waals surface area contributed by atoms with E-state index in [-0.39, 0.29) is 17.7 Å². The number of nitrogens with zero attached hydrogens (tertiary/aromatic N) is 1. The molecule has 1 unspecified atom stereocenters. The maximum atomic E-state index is 12.4. The normalized spacial score (nSPS) is 13.0. The maximum absolute atomic E-state index is 12.4. The zero-order chi connectivity index (χ0) is 21.7. The van der Waals surface area contributed by atoms with Crippen molar-refractivity contribution in [1.29, 1.82) is 5.26 Å². The van der Waals surface area contributed by atoms with Crippen LogP contribution in [0.5, 0.6) is 11.5 Å². The lowest BCUT2D eigenvalue weighted by molar-refractivity contribution is -0.128. The fourth-order valence-corrected chi connectivity index (χ4v) is 3.06. The van der Waals surface area contributed by atoms with Crippen LogP contribution in [0, 0.1) is 17.2 Å². The molecule has 30 heavy (non-hydrogen) atoms. The van der Waals surface area contributed by atoms with Gasteiger partial charge < -0.3 is 19.5 Å². The predicted octanol–water partition coefficient (Wildman–Crippen LogP) is 2.97. The molecular weight excluding hydrogens is 388 g/mol. The molecule has 0 bridgehead atoms. The summed E-state index contributed by atoms with van der Waals surface area (Å²) in [6, 6.07) is 11.7. The van der Waals surface area contributed by atoms with Gasteiger partial charge in [0.1, 0.15) is 13.2 Å². The standard InChI is InChI=1S/C22H20N2O6/c1-3-18(25)17(12-23)21(26)24-14-5-6-15(16(11-14)22(27)28-2)13-4-7-19-20(10-13)30-9-8-29-19/h4-7,10-11,17H,3,8-9H2,1-2H3,(H,24,26). The van der Waals surface area contributed by atoms with Gasteiger partial charge in [-0.15, -0.1) is 0 Å². The number of rotatable bonds is 6. The fourth-order valence-electron chi connectivity index (χ4n) is 3.06. The average Bonchev–Trinajstić information content (AvgIpc) is 2.78. The molecule has 0 saturated carbocycles. The number of fused-ring (bicyclic) bond motifs is 1. The largest absolute Gasteiger partial charge is 0.486 e. The van der Waals surface area contributed by atoms with Crippen molar-refractivity contribution in [1.82, 2.24) is 0 Å². The number of amides is 1. The molecule has 1 atom stereocenters. The Kier molecular flexibility index (Phi) is 6.32. The highest BCUT2D eigenvalue weighted by atomic mass is 16.6. The van der Waals surface area contributed by atoms with Crippen molar-refractivity contribution < 1.29 is 28.6 Å². The third-order valence-electron chi connectivity index (χ3n) is 4.61. The Hall–Kier alpha value is -3.86. The van der Waals surface area contributed by atoms with Crippen molar-refractivity contribution in [3.63, 3.8) is 0 Å². The molecule has 2 aromatic carbocycles. The molecule has 1 N–H and O–H groups in total. The van der Waals surface area contributed by atoms with Crippen LogP contribution in [0.4, 0.5) is 5.69 Å². The van der Waals surface area contributed by atoms with E-state index in [0.29, 0.717) is 35.8 Å². The minimum Gasteiger partial charge on any atom is -0.486 e. The molecule has 8 heteroatoms. The summed E-state index contributed by atoms with van der Waals surface area (Å²) in [5.74, 6) is -2.03. The number of esters is 1. The van der Waals surface area contributed by atoms with Crippen LogP contribution in [0.1, 0.15) is 23.7 Å². The van der Waals surface area contributed by atoms with E-state index in [4.69, 9.17) is 19.5 Å². The zero-order valence-corrected chi connectivity index (χ0v) is 16.6. The number of carbonyl (C=O) groups is 3. The second kappa shape index (κ2) is 9.09. The molecule has 1 heterocycles. The van der Waals surface area contributed by atoms with Gasteiger partial charge in [-0.1, -0.05) is 19.1 Å². The number of anilines is 1. The SMILES string of the molecule is CCC(=O)C(C#N)C(=O)Nc1ccc(-c2ccc3c(c2)OCCO3)c(C(=O)OC)c1. The summed E-state index contributed by atoms with van der Waals surface area (Å²) in [5, 5.41) is 11.6. The summed E-state index contributed by atoms with van der Waals surface area (Å²) in [5.41, 5.74) is 1.75. The Labute approximate surface area is 173 Å². The molecule has 8 nitrogen and oxygen atoms in total. The van der Waals surface area contributed by atoms with Gasteiger partial charge in [-0.2, -0.15) is 5.26 Å². The zero-order valence-electron chi connectivity index (χ0n) is 16.6. The summed E-state index contributed by atoms with van der Waals surface area (Å²) in [6.45, 7) is 2.48. The smallest absolute Gasteiger partial charge is 0.338 e. The highest BCUT2D eigenvalue weighted by Crippen LogP contribution is 2.36. The van der Waals surface area contributed by atoms with Crippen molar-refractivity contribution in [2.75, 3.05) is 25.6 Å². The highest BCUT2D eigenvalue weighted by Gasteiger charge is 2.25. The maximum Gasteiger partial charge on any atom is 0.338 e. The van der Waals surface area contributed by atoms with E-state index in [2.05, 4.69) is 5.32 Å². The molecule has 0 fully saturated rings. The quantitative estimate of drug-likeness (QED) is 0.577. The second-order valence-corrected chi connectivity index (χ2v) is 6.48. The van der Waals surface area contributed by atoms with Gasteiger partial charge in [-0.25, -0.2) is 4.79 Å². The molecule has 1 aliphatic heterocycles. The van der Waals surface area contributed by atoms with Gasteiger partial charge in [-0.05, 0) is 35.4 Å². The van der Waals surface area contributed by atoms with Gasteiger partial charge in [0.05, 0.1) is 18.7 Å². The van der Waals surface area contributed by atoms with Crippen LogP contribution in [0.15, 0.2) is 36.4 Å². The topological polar surface area (TPSA) is 115 Å². The number of nitriles is 1. The molecule has 0 saturated heterocycles. The number of nitrogens with one attached hydrogen (secondary N) is 1. The number of Topliss-reactive ketones (excluding diaryl/α,β-unsaturated/α-hetero) is 1. The van der Waals surface area contributed by atoms with E-state index in [0.717, 1.165) is 0 Å².